The summed E-state index contributed by atoms with van der Waals surface area (Å²) in [4.78, 5) is 20.0. The van der Waals surface area contributed by atoms with Gasteiger partial charge >= 0.3 is 5.97 Å². The number of aryl methyl sites for hydroxylation is 1. The first kappa shape index (κ1) is 12.7. The summed E-state index contributed by atoms with van der Waals surface area (Å²) < 4.78 is 4.89. The zero-order valence-corrected chi connectivity index (χ0v) is 11.2. The Morgan fingerprint density at radius 3 is 2.94 bits per heavy atom. The molecule has 94 valence electrons. The van der Waals surface area contributed by atoms with Gasteiger partial charge in [0.05, 0.1) is 18.7 Å². The molecule has 0 saturated heterocycles. The molecule has 2 aromatic heterocycles. The quantitative estimate of drug-likeness (QED) is 0.795. The van der Waals surface area contributed by atoms with Gasteiger partial charge in [-0.3, -0.25) is 9.78 Å². The molecule has 0 fully saturated rings. The molecule has 0 aliphatic carbocycles. The number of hydrogen-bond donors (Lipinski definition) is 0. The number of aromatic nitrogens is 2. The lowest BCUT2D eigenvalue weighted by molar-refractivity contribution is -0.142. The molecule has 0 saturated carbocycles. The van der Waals surface area contributed by atoms with Crippen molar-refractivity contribution in [3.05, 3.63) is 35.1 Å². The highest BCUT2D eigenvalue weighted by Gasteiger charge is 2.09. The van der Waals surface area contributed by atoms with Crippen LogP contribution in [0.5, 0.6) is 0 Å². The van der Waals surface area contributed by atoms with Crippen LogP contribution in [0.1, 0.15) is 18.3 Å². The molecule has 0 aliphatic rings. The molecule has 0 radical (unpaired) electrons. The third-order valence-electron chi connectivity index (χ3n) is 2.34. The maximum atomic E-state index is 11.3. The third-order valence-corrected chi connectivity index (χ3v) is 3.28. The predicted molar refractivity (Wildman–Crippen MR) is 70.4 cm³/mol. The molecule has 0 atom stereocenters. The summed E-state index contributed by atoms with van der Waals surface area (Å²) in [5.74, 6) is -0.239. The summed E-state index contributed by atoms with van der Waals surface area (Å²) in [6.45, 7) is 4.14. The Bertz CT molecular complexity index is 534. The Morgan fingerprint density at radius 1 is 1.44 bits per heavy atom. The topological polar surface area (TPSA) is 52.1 Å². The fraction of sp³-hybridized carbons (Fsp3) is 0.308. The summed E-state index contributed by atoms with van der Waals surface area (Å²) in [5, 5.41) is 2.76. The first-order valence-corrected chi connectivity index (χ1v) is 6.60. The molecule has 0 N–H and O–H groups in total. The Balaban J connectivity index is 2.10. The number of nitrogens with zero attached hydrogens (tertiary/aromatic N) is 2. The van der Waals surface area contributed by atoms with Gasteiger partial charge in [-0.25, -0.2) is 4.98 Å². The lowest BCUT2D eigenvalue weighted by Crippen LogP contribution is -2.07. The molecule has 2 rings (SSSR count). The summed E-state index contributed by atoms with van der Waals surface area (Å²) in [6.07, 6.45) is 2.02. The highest BCUT2D eigenvalue weighted by Crippen LogP contribution is 2.23. The van der Waals surface area contributed by atoms with Gasteiger partial charge < -0.3 is 4.74 Å². The first-order valence-electron chi connectivity index (χ1n) is 5.72. The molecule has 5 heteroatoms. The van der Waals surface area contributed by atoms with Crippen LogP contribution in [0.25, 0.3) is 10.6 Å². The van der Waals surface area contributed by atoms with E-state index < -0.39 is 0 Å². The van der Waals surface area contributed by atoms with Crippen molar-refractivity contribution in [2.24, 2.45) is 0 Å². The van der Waals surface area contributed by atoms with E-state index >= 15 is 0 Å². The number of hydrogen-bond acceptors (Lipinski definition) is 5. The van der Waals surface area contributed by atoms with E-state index in [1.165, 1.54) is 11.3 Å². The van der Waals surface area contributed by atoms with Crippen LogP contribution in [0.15, 0.2) is 23.7 Å². The van der Waals surface area contributed by atoms with Crippen LogP contribution >= 0.6 is 11.3 Å². The maximum absolute atomic E-state index is 11.3. The van der Waals surface area contributed by atoms with Crippen LogP contribution in [0.2, 0.25) is 0 Å². The SMILES string of the molecule is CCOC(=O)Cc1csc(-c2ccc(C)nc2)n1. The van der Waals surface area contributed by atoms with Crippen LogP contribution < -0.4 is 0 Å². The van der Waals surface area contributed by atoms with E-state index in [9.17, 15) is 4.79 Å². The molecule has 0 spiro atoms. The van der Waals surface area contributed by atoms with Crippen molar-refractivity contribution >= 4 is 17.3 Å². The lowest BCUT2D eigenvalue weighted by atomic mass is 10.2. The Kier molecular flexibility index (Phi) is 4.04. The van der Waals surface area contributed by atoms with Crippen LogP contribution in [-0.4, -0.2) is 22.5 Å². The number of esters is 1. The molecule has 0 unspecified atom stereocenters. The Hall–Kier alpha value is -1.75. The maximum Gasteiger partial charge on any atom is 0.311 e. The average Bonchev–Trinajstić information content (AvgIpc) is 2.78. The largest absolute Gasteiger partial charge is 0.466 e. The van der Waals surface area contributed by atoms with E-state index in [0.717, 1.165) is 22.0 Å². The van der Waals surface area contributed by atoms with E-state index in [1.807, 2.05) is 24.4 Å². The first-order chi connectivity index (χ1) is 8.69. The second-order valence-corrected chi connectivity index (χ2v) is 4.67. The van der Waals surface area contributed by atoms with Crippen molar-refractivity contribution in [1.82, 2.24) is 9.97 Å². The molecule has 0 amide bonds. The van der Waals surface area contributed by atoms with Gasteiger partial charge in [-0.15, -0.1) is 11.3 Å². The zero-order chi connectivity index (χ0) is 13.0. The van der Waals surface area contributed by atoms with Gasteiger partial charge in [0.15, 0.2) is 0 Å². The number of pyridine rings is 1. The summed E-state index contributed by atoms with van der Waals surface area (Å²) >= 11 is 1.51. The van der Waals surface area contributed by atoms with Gasteiger partial charge in [-0.05, 0) is 26.0 Å². The van der Waals surface area contributed by atoms with Crippen LogP contribution in [-0.2, 0) is 16.0 Å². The van der Waals surface area contributed by atoms with Gasteiger partial charge in [-0.1, -0.05) is 0 Å². The number of carbonyl (C=O) groups excluding carboxylic acids is 1. The van der Waals surface area contributed by atoms with Crippen molar-refractivity contribution < 1.29 is 9.53 Å². The smallest absolute Gasteiger partial charge is 0.311 e. The van der Waals surface area contributed by atoms with Gasteiger partial charge in [0.25, 0.3) is 0 Å². The predicted octanol–water partition coefficient (Wildman–Crippen LogP) is 2.62. The second-order valence-electron chi connectivity index (χ2n) is 3.81. The van der Waals surface area contributed by atoms with Crippen LogP contribution in [0.4, 0.5) is 0 Å². The molecule has 0 bridgehead atoms. The lowest BCUT2D eigenvalue weighted by Gasteiger charge is -1.98. The van der Waals surface area contributed by atoms with Gasteiger partial charge in [-0.2, -0.15) is 0 Å². The van der Waals surface area contributed by atoms with Crippen molar-refractivity contribution in [3.63, 3.8) is 0 Å². The summed E-state index contributed by atoms with van der Waals surface area (Å²) in [7, 11) is 0. The second kappa shape index (κ2) is 5.73. The van der Waals surface area contributed by atoms with Gasteiger partial charge in [0, 0.05) is 22.8 Å². The zero-order valence-electron chi connectivity index (χ0n) is 10.3. The van der Waals surface area contributed by atoms with Crippen molar-refractivity contribution in [2.75, 3.05) is 6.61 Å². The highest BCUT2D eigenvalue weighted by molar-refractivity contribution is 7.13. The average molecular weight is 262 g/mol. The minimum atomic E-state index is -0.239. The Morgan fingerprint density at radius 2 is 2.28 bits per heavy atom. The van der Waals surface area contributed by atoms with Crippen LogP contribution in [0.3, 0.4) is 0 Å². The van der Waals surface area contributed by atoms with E-state index in [2.05, 4.69) is 9.97 Å². The minimum absolute atomic E-state index is 0.226. The van der Waals surface area contributed by atoms with Crippen LogP contribution in [0, 0.1) is 6.92 Å². The van der Waals surface area contributed by atoms with Crippen molar-refractivity contribution in [3.8, 4) is 10.6 Å². The van der Waals surface area contributed by atoms with Crippen molar-refractivity contribution in [1.29, 1.82) is 0 Å². The highest BCUT2D eigenvalue weighted by atomic mass is 32.1. The molecule has 0 aliphatic heterocycles. The number of thiazole rings is 1. The molecule has 4 nitrogen and oxygen atoms in total. The molecule has 2 heterocycles. The molecular formula is C13H14N2O2S. The van der Waals surface area contributed by atoms with Crippen molar-refractivity contribution in [2.45, 2.75) is 20.3 Å². The molecule has 2 aromatic rings. The van der Waals surface area contributed by atoms with Gasteiger partial charge in [0.1, 0.15) is 5.01 Å². The number of carbonyl (C=O) groups is 1. The minimum Gasteiger partial charge on any atom is -0.466 e. The summed E-state index contributed by atoms with van der Waals surface area (Å²) in [6, 6.07) is 3.93. The monoisotopic (exact) mass is 262 g/mol. The van der Waals surface area contributed by atoms with Gasteiger partial charge in [0.2, 0.25) is 0 Å². The number of ether oxygens (including phenoxy) is 1. The van der Waals surface area contributed by atoms with E-state index in [0.29, 0.717) is 6.61 Å². The third kappa shape index (κ3) is 3.13. The normalized spacial score (nSPS) is 10.3. The summed E-state index contributed by atoms with van der Waals surface area (Å²) in [5.41, 5.74) is 2.69. The number of rotatable bonds is 4. The molecule has 18 heavy (non-hydrogen) atoms. The van der Waals surface area contributed by atoms with E-state index in [1.54, 1.807) is 13.1 Å². The van der Waals surface area contributed by atoms with E-state index in [4.69, 9.17) is 4.74 Å². The fourth-order valence-electron chi connectivity index (χ4n) is 1.47. The van der Waals surface area contributed by atoms with E-state index in [-0.39, 0.29) is 12.4 Å². The standard InChI is InChI=1S/C13H14N2O2S/c1-3-17-12(16)6-11-8-18-13(15-11)10-5-4-9(2)14-7-10/h4-5,7-8H,3,6H2,1-2H3. The molecular weight excluding hydrogens is 248 g/mol. The fourth-order valence-corrected chi connectivity index (χ4v) is 2.29. The molecule has 0 aromatic carbocycles. The Labute approximate surface area is 110 Å².